The fourth-order valence-corrected chi connectivity index (χ4v) is 2.91. The molecule has 0 amide bonds. The molecular weight excluding hydrogens is 252 g/mol. The largest absolute Gasteiger partial charge is 0.476 e. The van der Waals surface area contributed by atoms with Crippen LogP contribution in [-0.2, 0) is 12.8 Å². The first-order valence-electron chi connectivity index (χ1n) is 5.53. The highest BCUT2D eigenvalue weighted by Crippen LogP contribution is 2.31. The molecule has 0 spiro atoms. The molecule has 1 aliphatic carbocycles. The van der Waals surface area contributed by atoms with Gasteiger partial charge in [0.05, 0.1) is 18.1 Å². The van der Waals surface area contributed by atoms with E-state index in [-0.39, 0.29) is 5.69 Å². The van der Waals surface area contributed by atoms with Gasteiger partial charge in [-0.2, -0.15) is 0 Å². The van der Waals surface area contributed by atoms with Crippen LogP contribution in [0.1, 0.15) is 27.5 Å². The summed E-state index contributed by atoms with van der Waals surface area (Å²) in [6, 6.07) is 0. The van der Waals surface area contributed by atoms with Gasteiger partial charge in [-0.05, 0) is 19.3 Å². The molecule has 0 fully saturated rings. The number of aromatic nitrogens is 3. The second kappa shape index (κ2) is 4.34. The number of aromatic carboxylic acids is 1. The van der Waals surface area contributed by atoms with Gasteiger partial charge in [-0.25, -0.2) is 19.7 Å². The Morgan fingerprint density at radius 1 is 1.33 bits per heavy atom. The second-order valence-corrected chi connectivity index (χ2v) is 5.04. The Balaban J connectivity index is 1.77. The molecule has 0 bridgehead atoms. The quantitative estimate of drug-likeness (QED) is 0.877. The minimum absolute atomic E-state index is 0.0674. The number of nitrogens with one attached hydrogen (secondary N) is 1. The molecule has 2 aromatic rings. The summed E-state index contributed by atoms with van der Waals surface area (Å²) in [4.78, 5) is 24.2. The third kappa shape index (κ3) is 2.04. The normalized spacial score (nSPS) is 13.3. The Morgan fingerprint density at radius 2 is 2.22 bits per heavy atom. The van der Waals surface area contributed by atoms with Crippen molar-refractivity contribution in [3.05, 3.63) is 28.7 Å². The van der Waals surface area contributed by atoms with Crippen LogP contribution in [0.3, 0.4) is 0 Å². The summed E-state index contributed by atoms with van der Waals surface area (Å²) in [6.07, 6.45) is 5.94. The number of nitrogens with zero attached hydrogens (tertiary/aromatic N) is 3. The molecular formula is C11H10N4O2S. The Labute approximate surface area is 107 Å². The molecule has 0 saturated carbocycles. The number of carboxylic acids is 1. The van der Waals surface area contributed by atoms with Gasteiger partial charge >= 0.3 is 5.97 Å². The number of rotatable bonds is 3. The van der Waals surface area contributed by atoms with E-state index in [1.54, 1.807) is 11.3 Å². The Morgan fingerprint density at radius 3 is 2.89 bits per heavy atom. The van der Waals surface area contributed by atoms with Crippen molar-refractivity contribution in [2.45, 2.75) is 19.3 Å². The summed E-state index contributed by atoms with van der Waals surface area (Å²) >= 11 is 1.62. The van der Waals surface area contributed by atoms with E-state index < -0.39 is 5.97 Å². The van der Waals surface area contributed by atoms with E-state index in [0.717, 1.165) is 23.7 Å². The molecule has 0 unspecified atom stereocenters. The van der Waals surface area contributed by atoms with Crippen molar-refractivity contribution in [2.75, 3.05) is 5.32 Å². The maximum atomic E-state index is 10.6. The summed E-state index contributed by atoms with van der Waals surface area (Å²) in [5, 5.41) is 12.5. The van der Waals surface area contributed by atoms with Gasteiger partial charge in [-0.3, -0.25) is 0 Å². The van der Waals surface area contributed by atoms with Gasteiger partial charge < -0.3 is 10.4 Å². The van der Waals surface area contributed by atoms with E-state index in [2.05, 4.69) is 20.3 Å². The maximum absolute atomic E-state index is 10.6. The highest BCUT2D eigenvalue weighted by molar-refractivity contribution is 7.15. The lowest BCUT2D eigenvalue weighted by Crippen LogP contribution is -2.02. The summed E-state index contributed by atoms with van der Waals surface area (Å²) in [5.41, 5.74) is 1.10. The number of thiazole rings is 1. The number of hydrogen-bond donors (Lipinski definition) is 2. The Hall–Kier alpha value is -2.02. The predicted molar refractivity (Wildman–Crippen MR) is 66.4 cm³/mol. The molecule has 1 aliphatic rings. The van der Waals surface area contributed by atoms with Crippen molar-refractivity contribution in [3.8, 4) is 0 Å². The number of carboxylic acid groups (broad SMARTS) is 1. The smallest absolute Gasteiger partial charge is 0.356 e. The van der Waals surface area contributed by atoms with Gasteiger partial charge in [-0.15, -0.1) is 11.3 Å². The van der Waals surface area contributed by atoms with Gasteiger partial charge in [-0.1, -0.05) is 0 Å². The van der Waals surface area contributed by atoms with Gasteiger partial charge in [0.1, 0.15) is 0 Å². The van der Waals surface area contributed by atoms with Crippen LogP contribution in [0.2, 0.25) is 0 Å². The summed E-state index contributed by atoms with van der Waals surface area (Å²) in [5.74, 6) is -0.574. The van der Waals surface area contributed by atoms with Crippen LogP contribution >= 0.6 is 11.3 Å². The summed E-state index contributed by atoms with van der Waals surface area (Å²) < 4.78 is 0. The molecule has 0 atom stereocenters. The first-order valence-corrected chi connectivity index (χ1v) is 6.35. The van der Waals surface area contributed by atoms with Gasteiger partial charge in [0.25, 0.3) is 0 Å². The topological polar surface area (TPSA) is 88.0 Å². The third-order valence-corrected chi connectivity index (χ3v) is 3.77. The van der Waals surface area contributed by atoms with E-state index >= 15 is 0 Å². The van der Waals surface area contributed by atoms with Crippen molar-refractivity contribution < 1.29 is 9.90 Å². The zero-order valence-corrected chi connectivity index (χ0v) is 10.2. The average molecular weight is 262 g/mol. The molecule has 7 heteroatoms. The van der Waals surface area contributed by atoms with Crippen LogP contribution in [0.4, 0.5) is 10.9 Å². The second-order valence-electron chi connectivity index (χ2n) is 3.96. The molecule has 2 heterocycles. The first-order chi connectivity index (χ1) is 8.72. The zero-order valence-electron chi connectivity index (χ0n) is 9.38. The van der Waals surface area contributed by atoms with Gasteiger partial charge in [0.2, 0.25) is 0 Å². The number of anilines is 2. The van der Waals surface area contributed by atoms with Crippen LogP contribution in [0.15, 0.2) is 12.4 Å². The molecule has 18 heavy (non-hydrogen) atoms. The summed E-state index contributed by atoms with van der Waals surface area (Å²) in [7, 11) is 0. The highest BCUT2D eigenvalue weighted by atomic mass is 32.1. The SMILES string of the molecule is O=C(O)c1cnc(Nc2nc3c(s2)CCC3)cn1. The van der Waals surface area contributed by atoms with E-state index in [1.165, 1.54) is 23.7 Å². The molecule has 6 nitrogen and oxygen atoms in total. The molecule has 0 aliphatic heterocycles. The monoisotopic (exact) mass is 262 g/mol. The van der Waals surface area contributed by atoms with Crippen LogP contribution in [-0.4, -0.2) is 26.0 Å². The molecule has 0 saturated heterocycles. The molecule has 92 valence electrons. The minimum atomic E-state index is -1.08. The number of carbonyl (C=O) groups is 1. The van der Waals surface area contributed by atoms with Crippen molar-refractivity contribution in [1.29, 1.82) is 0 Å². The number of fused-ring (bicyclic) bond motifs is 1. The fraction of sp³-hybridized carbons (Fsp3) is 0.273. The Kier molecular flexibility index (Phi) is 2.67. The van der Waals surface area contributed by atoms with Crippen LogP contribution in [0.25, 0.3) is 0 Å². The predicted octanol–water partition coefficient (Wildman–Crippen LogP) is 1.86. The maximum Gasteiger partial charge on any atom is 0.356 e. The van der Waals surface area contributed by atoms with Gasteiger partial charge in [0.15, 0.2) is 16.6 Å². The van der Waals surface area contributed by atoms with Crippen LogP contribution in [0.5, 0.6) is 0 Å². The van der Waals surface area contributed by atoms with E-state index in [0.29, 0.717) is 5.82 Å². The third-order valence-electron chi connectivity index (χ3n) is 2.70. The fourth-order valence-electron chi connectivity index (χ4n) is 1.86. The minimum Gasteiger partial charge on any atom is -0.476 e. The van der Waals surface area contributed by atoms with E-state index in [1.807, 2.05) is 0 Å². The summed E-state index contributed by atoms with van der Waals surface area (Å²) in [6.45, 7) is 0. The van der Waals surface area contributed by atoms with Crippen molar-refractivity contribution in [2.24, 2.45) is 0 Å². The van der Waals surface area contributed by atoms with Crippen molar-refractivity contribution in [1.82, 2.24) is 15.0 Å². The number of aryl methyl sites for hydroxylation is 2. The van der Waals surface area contributed by atoms with Gasteiger partial charge in [0, 0.05) is 4.88 Å². The molecule has 0 aromatic carbocycles. The standard InChI is InChI=1S/C11H10N4O2S/c16-10(17)7-4-13-9(5-12-7)15-11-14-6-2-1-3-8(6)18-11/h4-5H,1-3H2,(H,16,17)(H,13,14,15). The Bertz CT molecular complexity index is 572. The lowest BCUT2D eigenvalue weighted by Gasteiger charge is -2.01. The van der Waals surface area contributed by atoms with E-state index in [9.17, 15) is 4.79 Å². The van der Waals surface area contributed by atoms with Crippen LogP contribution in [0, 0.1) is 0 Å². The molecule has 2 N–H and O–H groups in total. The zero-order chi connectivity index (χ0) is 12.5. The van der Waals surface area contributed by atoms with E-state index in [4.69, 9.17) is 5.11 Å². The van der Waals surface area contributed by atoms with Crippen molar-refractivity contribution >= 4 is 28.3 Å². The molecule has 2 aromatic heterocycles. The average Bonchev–Trinajstić information content (AvgIpc) is 2.90. The molecule has 0 radical (unpaired) electrons. The lowest BCUT2D eigenvalue weighted by atomic mass is 10.4. The molecule has 3 rings (SSSR count). The number of hydrogen-bond acceptors (Lipinski definition) is 6. The first kappa shape index (κ1) is 11.1. The lowest BCUT2D eigenvalue weighted by molar-refractivity contribution is 0.0690. The van der Waals surface area contributed by atoms with Crippen LogP contribution < -0.4 is 5.32 Å². The highest BCUT2D eigenvalue weighted by Gasteiger charge is 2.16. The van der Waals surface area contributed by atoms with Crippen molar-refractivity contribution in [3.63, 3.8) is 0 Å².